The molecule has 0 spiro atoms. The van der Waals surface area contributed by atoms with Crippen LogP contribution in [0.5, 0.6) is 0 Å². The molecule has 0 bridgehead atoms. The lowest BCUT2D eigenvalue weighted by Gasteiger charge is -2.14. The molecule has 43 heavy (non-hydrogen) atoms. The summed E-state index contributed by atoms with van der Waals surface area (Å²) in [4.78, 5) is 0. The summed E-state index contributed by atoms with van der Waals surface area (Å²) in [5.74, 6) is 0. The van der Waals surface area contributed by atoms with Gasteiger partial charge < -0.3 is 0 Å². The summed E-state index contributed by atoms with van der Waals surface area (Å²) < 4.78 is 41.3. The Bertz CT molecular complexity index is 2180. The molecule has 4 aromatic carbocycles. The number of benzene rings is 4. The number of fused-ring (bicyclic) bond motifs is 3. The molecule has 0 radical (unpaired) electrons. The largest absolute Gasteiger partial charge is 0.417 e. The number of nitriles is 6. The van der Waals surface area contributed by atoms with Gasteiger partial charge in [0.15, 0.2) is 0 Å². The number of aryl methyl sites for hydroxylation is 1. The predicted molar refractivity (Wildman–Crippen MR) is 149 cm³/mol. The first-order valence-electron chi connectivity index (χ1n) is 12.4. The highest BCUT2D eigenvalue weighted by Gasteiger charge is 2.35. The van der Waals surface area contributed by atoms with Crippen LogP contribution in [-0.2, 0) is 6.18 Å². The summed E-state index contributed by atoms with van der Waals surface area (Å²) in [6.07, 6.45) is -4.82. The van der Waals surface area contributed by atoms with Gasteiger partial charge in [0.25, 0.3) is 0 Å². The number of nitrogens with zero attached hydrogens (tertiary/aromatic N) is 6. The minimum Gasteiger partial charge on any atom is -0.192 e. The van der Waals surface area contributed by atoms with Gasteiger partial charge >= 0.3 is 6.18 Å². The van der Waals surface area contributed by atoms with E-state index in [1.807, 2.05) is 18.2 Å². The van der Waals surface area contributed by atoms with E-state index in [0.717, 1.165) is 12.1 Å². The van der Waals surface area contributed by atoms with E-state index in [1.54, 1.807) is 37.3 Å². The number of rotatable bonds is 2. The van der Waals surface area contributed by atoms with Gasteiger partial charge in [0.1, 0.15) is 17.7 Å². The fourth-order valence-electron chi connectivity index (χ4n) is 5.27. The molecule has 1 aliphatic rings. The molecule has 0 heterocycles. The van der Waals surface area contributed by atoms with Crippen molar-refractivity contribution in [2.45, 2.75) is 13.1 Å². The van der Waals surface area contributed by atoms with Crippen LogP contribution in [0, 0.1) is 74.9 Å². The number of alkyl halides is 3. The van der Waals surface area contributed by atoms with Crippen LogP contribution in [0.2, 0.25) is 0 Å². The molecule has 0 fully saturated rings. The van der Waals surface area contributed by atoms with E-state index in [4.69, 9.17) is 0 Å². The summed E-state index contributed by atoms with van der Waals surface area (Å²) in [6.45, 7) is 1.76. The number of hydrogen-bond acceptors (Lipinski definition) is 6. The van der Waals surface area contributed by atoms with E-state index in [1.165, 1.54) is 24.3 Å². The number of allylic oxidation sites excluding steroid dienone is 1. The van der Waals surface area contributed by atoms with Gasteiger partial charge in [-0.1, -0.05) is 18.2 Å². The molecule has 0 N–H and O–H groups in total. The van der Waals surface area contributed by atoms with Gasteiger partial charge in [0.2, 0.25) is 0 Å². The minimum absolute atomic E-state index is 0.0134. The molecule has 5 rings (SSSR count). The van der Waals surface area contributed by atoms with Crippen molar-refractivity contribution in [1.82, 2.24) is 0 Å². The molecule has 4 aromatic rings. The Hall–Kier alpha value is -6.65. The van der Waals surface area contributed by atoms with Crippen LogP contribution in [0.3, 0.4) is 0 Å². The summed E-state index contributed by atoms with van der Waals surface area (Å²) in [7, 11) is 0. The molecule has 0 unspecified atom stereocenters. The molecule has 9 heteroatoms. The summed E-state index contributed by atoms with van der Waals surface area (Å²) in [6, 6.07) is 25.9. The Kier molecular flexibility index (Phi) is 6.74. The molecule has 0 saturated heterocycles. The molecular formula is C34H13F3N6. The fraction of sp³-hybridized carbons (Fsp3) is 0.0588. The van der Waals surface area contributed by atoms with E-state index >= 15 is 0 Å². The molecule has 0 atom stereocenters. The van der Waals surface area contributed by atoms with Gasteiger partial charge in [-0.15, -0.1) is 0 Å². The van der Waals surface area contributed by atoms with Gasteiger partial charge in [-0.3, -0.25) is 0 Å². The van der Waals surface area contributed by atoms with Gasteiger partial charge in [0, 0.05) is 16.7 Å². The van der Waals surface area contributed by atoms with Gasteiger partial charge in [0.05, 0.1) is 52.1 Å². The topological polar surface area (TPSA) is 143 Å². The average molecular weight is 563 g/mol. The van der Waals surface area contributed by atoms with Crippen molar-refractivity contribution in [3.05, 3.63) is 111 Å². The van der Waals surface area contributed by atoms with E-state index in [-0.39, 0.29) is 33.4 Å². The summed E-state index contributed by atoms with van der Waals surface area (Å²) in [5, 5.41) is 58.1. The van der Waals surface area contributed by atoms with Crippen LogP contribution in [0.4, 0.5) is 13.2 Å². The van der Waals surface area contributed by atoms with Crippen molar-refractivity contribution >= 4 is 5.57 Å². The van der Waals surface area contributed by atoms with Gasteiger partial charge in [-0.2, -0.15) is 44.7 Å². The van der Waals surface area contributed by atoms with Crippen LogP contribution in [0.15, 0.2) is 66.2 Å². The molecule has 0 aliphatic heterocycles. The van der Waals surface area contributed by atoms with Crippen LogP contribution >= 0.6 is 0 Å². The van der Waals surface area contributed by atoms with Crippen molar-refractivity contribution < 1.29 is 13.2 Å². The maximum atomic E-state index is 13.8. The molecule has 0 saturated carbocycles. The third kappa shape index (κ3) is 4.51. The molecule has 0 amide bonds. The third-order valence-corrected chi connectivity index (χ3v) is 7.27. The maximum Gasteiger partial charge on any atom is 0.417 e. The van der Waals surface area contributed by atoms with E-state index < -0.39 is 17.3 Å². The second-order valence-corrected chi connectivity index (χ2v) is 9.60. The smallest absolute Gasteiger partial charge is 0.192 e. The molecule has 0 aromatic heterocycles. The summed E-state index contributed by atoms with van der Waals surface area (Å²) >= 11 is 0. The van der Waals surface area contributed by atoms with Gasteiger partial charge in [-0.25, -0.2) is 0 Å². The predicted octanol–water partition coefficient (Wildman–Crippen LogP) is 7.66. The fourth-order valence-corrected chi connectivity index (χ4v) is 5.27. The Morgan fingerprint density at radius 3 is 1.42 bits per heavy atom. The van der Waals surface area contributed by atoms with Crippen molar-refractivity contribution in [3.8, 4) is 69.8 Å². The Morgan fingerprint density at radius 1 is 0.535 bits per heavy atom. The Balaban J connectivity index is 1.86. The van der Waals surface area contributed by atoms with Gasteiger partial charge in [-0.05, 0) is 88.3 Å². The zero-order chi connectivity index (χ0) is 31.1. The van der Waals surface area contributed by atoms with Crippen LogP contribution in [-0.4, -0.2) is 0 Å². The normalized spacial score (nSPS) is 11.1. The lowest BCUT2D eigenvalue weighted by atomic mass is 9.90. The highest BCUT2D eigenvalue weighted by Crippen LogP contribution is 2.50. The SMILES string of the molecule is Cc1cc(-c2cc3c(cc2C#N)C(=C(C#N)C#N)c2cc(C#N)c(-c4ccc(C#N)c(C(F)(F)F)c4)cc2-3)ccc1C#N. The minimum atomic E-state index is -4.82. The zero-order valence-corrected chi connectivity index (χ0v) is 22.1. The van der Waals surface area contributed by atoms with Crippen molar-refractivity contribution in [3.63, 3.8) is 0 Å². The number of hydrogen-bond donors (Lipinski definition) is 0. The van der Waals surface area contributed by atoms with E-state index in [2.05, 4.69) is 12.1 Å². The highest BCUT2D eigenvalue weighted by atomic mass is 19.4. The second kappa shape index (κ2) is 10.4. The van der Waals surface area contributed by atoms with Crippen LogP contribution in [0.25, 0.3) is 39.0 Å². The first-order chi connectivity index (χ1) is 20.6. The van der Waals surface area contributed by atoms with Crippen molar-refractivity contribution in [2.75, 3.05) is 0 Å². The highest BCUT2D eigenvalue weighted by molar-refractivity contribution is 6.07. The first-order valence-corrected chi connectivity index (χ1v) is 12.4. The maximum absolute atomic E-state index is 13.8. The first kappa shape index (κ1) is 27.9. The molecule has 1 aliphatic carbocycles. The van der Waals surface area contributed by atoms with E-state index in [9.17, 15) is 44.7 Å². The standard InChI is InChI=1S/C34H13F3N6/c1-18-6-19(2-4-21(18)12-38)26-10-28-29-11-27(20-3-5-22(13-39)32(9-20)34(35,36)37)24(15-41)8-31(29)33(25(16-42)17-43)30(28)7-23(26)14-40/h2-11H,1H3. The Morgan fingerprint density at radius 2 is 1.00 bits per heavy atom. The summed E-state index contributed by atoms with van der Waals surface area (Å²) in [5.41, 5.74) is 2.58. The van der Waals surface area contributed by atoms with Crippen LogP contribution in [0.1, 0.15) is 44.5 Å². The van der Waals surface area contributed by atoms with Crippen molar-refractivity contribution in [2.24, 2.45) is 0 Å². The third-order valence-electron chi connectivity index (χ3n) is 7.27. The Labute approximate surface area is 243 Å². The molecule has 6 nitrogen and oxygen atoms in total. The van der Waals surface area contributed by atoms with E-state index in [0.29, 0.717) is 44.5 Å². The quantitative estimate of drug-likeness (QED) is 0.202. The second-order valence-electron chi connectivity index (χ2n) is 9.60. The van der Waals surface area contributed by atoms with Crippen molar-refractivity contribution in [1.29, 1.82) is 31.6 Å². The number of halogens is 3. The average Bonchev–Trinajstić information content (AvgIpc) is 3.31. The lowest BCUT2D eigenvalue weighted by Crippen LogP contribution is -2.08. The lowest BCUT2D eigenvalue weighted by molar-refractivity contribution is -0.137. The van der Waals surface area contributed by atoms with Crippen LogP contribution < -0.4 is 0 Å². The monoisotopic (exact) mass is 562 g/mol. The molecule has 200 valence electrons. The zero-order valence-electron chi connectivity index (χ0n) is 22.1. The molecular weight excluding hydrogens is 549 g/mol.